The van der Waals surface area contributed by atoms with Crippen LogP contribution in [0, 0.1) is 0 Å². The summed E-state index contributed by atoms with van der Waals surface area (Å²) in [6.45, 7) is 1.90. The van der Waals surface area contributed by atoms with Crippen LogP contribution in [0.3, 0.4) is 0 Å². The predicted octanol–water partition coefficient (Wildman–Crippen LogP) is -0.259. The predicted molar refractivity (Wildman–Crippen MR) is 83.8 cm³/mol. The van der Waals surface area contributed by atoms with Crippen LogP contribution >= 0.6 is 0 Å². The lowest BCUT2D eigenvalue weighted by molar-refractivity contribution is -0.246. The summed E-state index contributed by atoms with van der Waals surface area (Å²) < 4.78 is 10.8. The molecule has 1 aromatic rings. The number of hydrogen-bond donors (Lipinski definition) is 4. The summed E-state index contributed by atoms with van der Waals surface area (Å²) in [4.78, 5) is 11.8. The van der Waals surface area contributed by atoms with Gasteiger partial charge in [0.25, 0.3) is 0 Å². The van der Waals surface area contributed by atoms with Gasteiger partial charge in [-0.1, -0.05) is 37.3 Å². The van der Waals surface area contributed by atoms with Crippen molar-refractivity contribution >= 4 is 5.97 Å². The second kappa shape index (κ2) is 8.55. The van der Waals surface area contributed by atoms with E-state index < -0.39 is 42.6 Å². The van der Waals surface area contributed by atoms with Crippen molar-refractivity contribution < 1.29 is 34.7 Å². The van der Waals surface area contributed by atoms with Crippen LogP contribution in [0.15, 0.2) is 30.3 Å². The fourth-order valence-electron chi connectivity index (χ4n) is 2.69. The minimum absolute atomic E-state index is 0.0972. The summed E-state index contributed by atoms with van der Waals surface area (Å²) in [5.41, 5.74) is 0.818. The van der Waals surface area contributed by atoms with Gasteiger partial charge in [-0.05, 0) is 12.0 Å². The molecule has 0 radical (unpaired) electrons. The van der Waals surface area contributed by atoms with E-state index in [0.717, 1.165) is 5.56 Å². The smallest absolute Gasteiger partial charge is 0.306 e. The van der Waals surface area contributed by atoms with E-state index in [1.807, 2.05) is 30.3 Å². The van der Waals surface area contributed by atoms with Crippen molar-refractivity contribution in [3.63, 3.8) is 0 Å². The van der Waals surface area contributed by atoms with Crippen LogP contribution in [0.5, 0.6) is 0 Å². The van der Waals surface area contributed by atoms with Gasteiger partial charge in [-0.15, -0.1) is 0 Å². The second-order valence-electron chi connectivity index (χ2n) is 5.93. The number of rotatable bonds is 6. The molecule has 4 N–H and O–H groups in total. The molecule has 1 saturated carbocycles. The van der Waals surface area contributed by atoms with Gasteiger partial charge in [-0.3, -0.25) is 4.79 Å². The van der Waals surface area contributed by atoms with E-state index in [0.29, 0.717) is 6.42 Å². The monoisotopic (exact) mass is 340 g/mol. The fourth-order valence-corrected chi connectivity index (χ4v) is 2.69. The molecule has 0 aliphatic heterocycles. The lowest BCUT2D eigenvalue weighted by Gasteiger charge is -2.43. The second-order valence-corrected chi connectivity index (χ2v) is 5.93. The molecule has 7 nitrogen and oxygen atoms in total. The van der Waals surface area contributed by atoms with Crippen LogP contribution in [0.25, 0.3) is 0 Å². The number of aliphatic hydroxyl groups excluding tert-OH is 4. The molecule has 7 heteroatoms. The largest absolute Gasteiger partial charge is 0.457 e. The summed E-state index contributed by atoms with van der Waals surface area (Å²) >= 11 is 0. The summed E-state index contributed by atoms with van der Waals surface area (Å²) in [7, 11) is 0. The maximum atomic E-state index is 11.8. The highest BCUT2D eigenvalue weighted by Gasteiger charge is 2.51. The Bertz CT molecular complexity index is 521. The lowest BCUT2D eigenvalue weighted by atomic mass is 9.84. The van der Waals surface area contributed by atoms with Crippen LogP contribution in [0.1, 0.15) is 25.3 Å². The van der Waals surface area contributed by atoms with Crippen LogP contribution in [-0.2, 0) is 20.9 Å². The Hall–Kier alpha value is -1.51. The highest BCUT2D eigenvalue weighted by atomic mass is 16.6. The number of aliphatic hydroxyl groups is 4. The Morgan fingerprint density at radius 1 is 0.958 bits per heavy atom. The van der Waals surface area contributed by atoms with Gasteiger partial charge in [0.2, 0.25) is 0 Å². The van der Waals surface area contributed by atoms with E-state index in [1.54, 1.807) is 6.92 Å². The van der Waals surface area contributed by atoms with Crippen molar-refractivity contribution in [3.8, 4) is 0 Å². The molecule has 24 heavy (non-hydrogen) atoms. The van der Waals surface area contributed by atoms with Gasteiger partial charge in [-0.2, -0.15) is 0 Å². The highest BCUT2D eigenvalue weighted by Crippen LogP contribution is 2.27. The van der Waals surface area contributed by atoms with E-state index in [1.165, 1.54) is 0 Å². The number of hydrogen-bond acceptors (Lipinski definition) is 7. The first kappa shape index (κ1) is 18.8. The zero-order valence-electron chi connectivity index (χ0n) is 13.5. The number of carbonyl (C=O) groups is 1. The topological polar surface area (TPSA) is 116 Å². The third-order valence-electron chi connectivity index (χ3n) is 4.05. The zero-order valence-corrected chi connectivity index (χ0v) is 13.5. The Kier molecular flexibility index (Phi) is 6.70. The molecule has 0 amide bonds. The molecule has 0 spiro atoms. The Balaban J connectivity index is 2.12. The molecule has 0 saturated heterocycles. The van der Waals surface area contributed by atoms with Crippen molar-refractivity contribution in [2.75, 3.05) is 0 Å². The van der Waals surface area contributed by atoms with Gasteiger partial charge in [0.1, 0.15) is 30.5 Å². The molecule has 1 aromatic carbocycles. The maximum absolute atomic E-state index is 11.8. The lowest BCUT2D eigenvalue weighted by Crippen LogP contribution is -2.65. The first-order chi connectivity index (χ1) is 11.5. The first-order valence-corrected chi connectivity index (χ1v) is 8.03. The van der Waals surface area contributed by atoms with Crippen molar-refractivity contribution in [2.45, 2.75) is 63.0 Å². The quantitative estimate of drug-likeness (QED) is 0.527. The van der Waals surface area contributed by atoms with Crippen LogP contribution in [0.2, 0.25) is 0 Å². The molecule has 1 aliphatic carbocycles. The van der Waals surface area contributed by atoms with E-state index in [4.69, 9.17) is 9.47 Å². The van der Waals surface area contributed by atoms with E-state index in [2.05, 4.69) is 0 Å². The van der Waals surface area contributed by atoms with Crippen molar-refractivity contribution in [3.05, 3.63) is 35.9 Å². The standard InChI is InChI=1S/C17H24O7/c1-2-6-11(18)24-17-15(22)13(20)12(19)14(21)16(17)23-9-10-7-4-3-5-8-10/h3-5,7-8,12-17,19-22H,2,6,9H2,1H3/t12-,13-,14-,15+,16-,17-/m0/s1. The van der Waals surface area contributed by atoms with Crippen LogP contribution in [-0.4, -0.2) is 63.0 Å². The Morgan fingerprint density at radius 3 is 2.12 bits per heavy atom. The van der Waals surface area contributed by atoms with E-state index in [-0.39, 0.29) is 13.0 Å². The molecule has 0 unspecified atom stereocenters. The molecule has 134 valence electrons. The van der Waals surface area contributed by atoms with Crippen LogP contribution in [0.4, 0.5) is 0 Å². The minimum atomic E-state index is -1.63. The fraction of sp³-hybridized carbons (Fsp3) is 0.588. The summed E-state index contributed by atoms with van der Waals surface area (Å²) in [5.74, 6) is -0.564. The Labute approximate surface area is 140 Å². The zero-order chi connectivity index (χ0) is 17.7. The average Bonchev–Trinajstić information content (AvgIpc) is 2.58. The van der Waals surface area contributed by atoms with E-state index >= 15 is 0 Å². The summed E-state index contributed by atoms with van der Waals surface area (Å²) in [6.07, 6.45) is -7.98. The number of benzene rings is 1. The number of carbonyl (C=O) groups excluding carboxylic acids is 1. The molecular weight excluding hydrogens is 316 g/mol. The van der Waals surface area contributed by atoms with Gasteiger partial charge < -0.3 is 29.9 Å². The molecule has 0 heterocycles. The number of ether oxygens (including phenoxy) is 2. The molecule has 0 bridgehead atoms. The highest BCUT2D eigenvalue weighted by molar-refractivity contribution is 5.69. The molecule has 1 aliphatic rings. The molecule has 1 fully saturated rings. The van der Waals surface area contributed by atoms with Gasteiger partial charge >= 0.3 is 5.97 Å². The first-order valence-electron chi connectivity index (χ1n) is 8.03. The molecule has 2 rings (SSSR count). The normalized spacial score (nSPS) is 33.2. The van der Waals surface area contributed by atoms with E-state index in [9.17, 15) is 25.2 Å². The average molecular weight is 340 g/mol. The van der Waals surface area contributed by atoms with Gasteiger partial charge in [-0.25, -0.2) is 0 Å². The SMILES string of the molecule is CCCC(=O)O[C@H]1[C@H](O)[C@@H](O)[C@H](O)[C@H](O)[C@@H]1OCc1ccccc1. The van der Waals surface area contributed by atoms with Gasteiger partial charge in [0, 0.05) is 6.42 Å². The molecule has 0 aromatic heterocycles. The van der Waals surface area contributed by atoms with Crippen LogP contribution < -0.4 is 0 Å². The third kappa shape index (κ3) is 4.31. The summed E-state index contributed by atoms with van der Waals surface area (Å²) in [5, 5.41) is 40.0. The Morgan fingerprint density at radius 2 is 1.54 bits per heavy atom. The molecular formula is C17H24O7. The third-order valence-corrected chi connectivity index (χ3v) is 4.05. The van der Waals surface area contributed by atoms with Gasteiger partial charge in [0.05, 0.1) is 6.61 Å². The van der Waals surface area contributed by atoms with Crippen molar-refractivity contribution in [2.24, 2.45) is 0 Å². The molecule has 6 atom stereocenters. The maximum Gasteiger partial charge on any atom is 0.306 e. The van der Waals surface area contributed by atoms with Gasteiger partial charge in [0.15, 0.2) is 6.10 Å². The number of esters is 1. The summed E-state index contributed by atoms with van der Waals surface area (Å²) in [6, 6.07) is 9.12. The minimum Gasteiger partial charge on any atom is -0.457 e. The van der Waals surface area contributed by atoms with Crippen molar-refractivity contribution in [1.82, 2.24) is 0 Å². The van der Waals surface area contributed by atoms with Crippen molar-refractivity contribution in [1.29, 1.82) is 0 Å².